The minimum absolute atomic E-state index is 0.0271. The lowest BCUT2D eigenvalue weighted by molar-refractivity contribution is -0.161. The SMILES string of the molecule is COC(=O)C[C@@H]1C[C@H]2[C@H]3OC(C)(C)O[C@H]3C[C@H]2O1. The van der Waals surface area contributed by atoms with Crippen molar-refractivity contribution in [1.29, 1.82) is 0 Å². The first-order valence-corrected chi connectivity index (χ1v) is 6.56. The Hall–Kier alpha value is -0.650. The van der Waals surface area contributed by atoms with Gasteiger partial charge in [-0.25, -0.2) is 0 Å². The highest BCUT2D eigenvalue weighted by molar-refractivity contribution is 5.69. The van der Waals surface area contributed by atoms with E-state index in [0.717, 1.165) is 12.8 Å². The van der Waals surface area contributed by atoms with Crippen LogP contribution in [0.15, 0.2) is 0 Å². The molecule has 0 bridgehead atoms. The largest absolute Gasteiger partial charge is 0.469 e. The summed E-state index contributed by atoms with van der Waals surface area (Å²) < 4.78 is 22.4. The summed E-state index contributed by atoms with van der Waals surface area (Å²) in [6.07, 6.45) is 2.48. The van der Waals surface area contributed by atoms with Gasteiger partial charge in [0.1, 0.15) is 0 Å². The zero-order chi connectivity index (χ0) is 12.9. The average Bonchev–Trinajstić information content (AvgIpc) is 2.86. The van der Waals surface area contributed by atoms with Crippen LogP contribution in [0.3, 0.4) is 0 Å². The standard InChI is InChI=1S/C13H20O5/c1-13(2)17-10-6-9-8(12(10)18-13)4-7(16-9)5-11(14)15-3/h7-10,12H,4-6H2,1-3H3/t7-,8+,9+,10-,12+/m0/s1. The number of hydrogen-bond acceptors (Lipinski definition) is 5. The monoisotopic (exact) mass is 256 g/mol. The molecule has 0 spiro atoms. The van der Waals surface area contributed by atoms with E-state index in [1.807, 2.05) is 13.8 Å². The van der Waals surface area contributed by atoms with Crippen molar-refractivity contribution >= 4 is 5.97 Å². The molecule has 1 saturated carbocycles. The zero-order valence-electron chi connectivity index (χ0n) is 11.0. The molecule has 5 atom stereocenters. The van der Waals surface area contributed by atoms with E-state index in [-0.39, 0.29) is 30.4 Å². The van der Waals surface area contributed by atoms with Crippen LogP contribution >= 0.6 is 0 Å². The number of methoxy groups -OCH3 is 1. The van der Waals surface area contributed by atoms with Gasteiger partial charge in [-0.05, 0) is 20.3 Å². The van der Waals surface area contributed by atoms with Crippen LogP contribution in [0.1, 0.15) is 33.1 Å². The Kier molecular flexibility index (Phi) is 2.88. The van der Waals surface area contributed by atoms with Crippen LogP contribution in [0.2, 0.25) is 0 Å². The molecule has 0 aromatic carbocycles. The lowest BCUT2D eigenvalue weighted by atomic mass is 9.98. The van der Waals surface area contributed by atoms with Crippen LogP contribution in [0.4, 0.5) is 0 Å². The molecular weight excluding hydrogens is 236 g/mol. The molecule has 2 saturated heterocycles. The average molecular weight is 256 g/mol. The van der Waals surface area contributed by atoms with Crippen LogP contribution < -0.4 is 0 Å². The number of ether oxygens (including phenoxy) is 4. The molecule has 3 fully saturated rings. The summed E-state index contributed by atoms with van der Waals surface area (Å²) in [5.74, 6) is -0.340. The summed E-state index contributed by atoms with van der Waals surface area (Å²) in [5, 5.41) is 0. The Balaban J connectivity index is 1.62. The van der Waals surface area contributed by atoms with Crippen molar-refractivity contribution in [1.82, 2.24) is 0 Å². The van der Waals surface area contributed by atoms with E-state index in [2.05, 4.69) is 4.74 Å². The summed E-state index contributed by atoms with van der Waals surface area (Å²) in [6, 6.07) is 0. The molecule has 18 heavy (non-hydrogen) atoms. The third-order valence-electron chi connectivity index (χ3n) is 4.11. The van der Waals surface area contributed by atoms with Crippen LogP contribution in [-0.4, -0.2) is 43.3 Å². The second-order valence-electron chi connectivity index (χ2n) is 5.85. The molecule has 2 aliphatic heterocycles. The predicted molar refractivity (Wildman–Crippen MR) is 61.8 cm³/mol. The molecule has 1 aliphatic carbocycles. The summed E-state index contributed by atoms with van der Waals surface area (Å²) in [4.78, 5) is 11.3. The van der Waals surface area contributed by atoms with E-state index in [1.54, 1.807) is 0 Å². The maximum atomic E-state index is 11.3. The number of esters is 1. The summed E-state index contributed by atoms with van der Waals surface area (Å²) >= 11 is 0. The van der Waals surface area contributed by atoms with Crippen molar-refractivity contribution in [2.24, 2.45) is 5.92 Å². The first kappa shape index (κ1) is 12.4. The van der Waals surface area contributed by atoms with Crippen LogP contribution in [0.25, 0.3) is 0 Å². The quantitative estimate of drug-likeness (QED) is 0.696. The fourth-order valence-corrected chi connectivity index (χ4v) is 3.47. The third-order valence-corrected chi connectivity index (χ3v) is 4.11. The molecule has 0 unspecified atom stereocenters. The molecular formula is C13H20O5. The van der Waals surface area contributed by atoms with E-state index in [0.29, 0.717) is 12.3 Å². The van der Waals surface area contributed by atoms with Crippen molar-refractivity contribution in [2.45, 2.75) is 63.3 Å². The molecule has 3 rings (SSSR count). The second kappa shape index (κ2) is 4.18. The van der Waals surface area contributed by atoms with Crippen molar-refractivity contribution in [2.75, 3.05) is 7.11 Å². The second-order valence-corrected chi connectivity index (χ2v) is 5.85. The smallest absolute Gasteiger partial charge is 0.308 e. The highest BCUT2D eigenvalue weighted by atomic mass is 16.8. The molecule has 0 aromatic rings. The fourth-order valence-electron chi connectivity index (χ4n) is 3.47. The zero-order valence-corrected chi connectivity index (χ0v) is 11.0. The Bertz CT molecular complexity index is 353. The van der Waals surface area contributed by atoms with E-state index in [1.165, 1.54) is 7.11 Å². The van der Waals surface area contributed by atoms with Crippen molar-refractivity contribution in [3.05, 3.63) is 0 Å². The van der Waals surface area contributed by atoms with E-state index < -0.39 is 5.79 Å². The Morgan fingerprint density at radius 1 is 1.28 bits per heavy atom. The van der Waals surface area contributed by atoms with Gasteiger partial charge in [0.15, 0.2) is 5.79 Å². The van der Waals surface area contributed by atoms with Crippen molar-refractivity contribution in [3.8, 4) is 0 Å². The molecule has 3 aliphatic rings. The number of carbonyl (C=O) groups is 1. The maximum Gasteiger partial charge on any atom is 0.308 e. The topological polar surface area (TPSA) is 54.0 Å². The Morgan fingerprint density at radius 3 is 2.78 bits per heavy atom. The lowest BCUT2D eigenvalue weighted by Gasteiger charge is -2.21. The van der Waals surface area contributed by atoms with Gasteiger partial charge < -0.3 is 18.9 Å². The Morgan fingerprint density at radius 2 is 2.06 bits per heavy atom. The fraction of sp³-hybridized carbons (Fsp3) is 0.923. The summed E-state index contributed by atoms with van der Waals surface area (Å²) in [6.45, 7) is 3.89. The first-order chi connectivity index (χ1) is 8.48. The maximum absolute atomic E-state index is 11.3. The minimum atomic E-state index is -0.485. The van der Waals surface area contributed by atoms with Gasteiger partial charge in [0.05, 0.1) is 37.9 Å². The molecule has 0 aromatic heterocycles. The van der Waals surface area contributed by atoms with Gasteiger partial charge in [0, 0.05) is 12.3 Å². The predicted octanol–water partition coefficient (Wildman–Crippen LogP) is 1.25. The highest BCUT2D eigenvalue weighted by Gasteiger charge is 2.57. The minimum Gasteiger partial charge on any atom is -0.469 e. The van der Waals surface area contributed by atoms with Gasteiger partial charge in [-0.1, -0.05) is 0 Å². The van der Waals surface area contributed by atoms with Crippen molar-refractivity contribution in [3.63, 3.8) is 0 Å². The molecule has 0 amide bonds. The molecule has 5 nitrogen and oxygen atoms in total. The molecule has 102 valence electrons. The summed E-state index contributed by atoms with van der Waals surface area (Å²) in [5.41, 5.74) is 0. The molecule has 5 heteroatoms. The van der Waals surface area contributed by atoms with Crippen LogP contribution in [0, 0.1) is 5.92 Å². The number of hydrogen-bond donors (Lipinski definition) is 0. The van der Waals surface area contributed by atoms with Gasteiger partial charge in [-0.15, -0.1) is 0 Å². The van der Waals surface area contributed by atoms with Gasteiger partial charge in [0.25, 0.3) is 0 Å². The Labute approximate surface area is 107 Å². The van der Waals surface area contributed by atoms with Gasteiger partial charge in [-0.3, -0.25) is 4.79 Å². The van der Waals surface area contributed by atoms with Gasteiger partial charge in [-0.2, -0.15) is 0 Å². The number of fused-ring (bicyclic) bond motifs is 3. The third kappa shape index (κ3) is 2.04. The lowest BCUT2D eigenvalue weighted by Crippen LogP contribution is -2.27. The summed E-state index contributed by atoms with van der Waals surface area (Å²) in [7, 11) is 1.41. The van der Waals surface area contributed by atoms with Crippen molar-refractivity contribution < 1.29 is 23.7 Å². The molecule has 0 N–H and O–H groups in total. The van der Waals surface area contributed by atoms with E-state index >= 15 is 0 Å². The van der Waals surface area contributed by atoms with Crippen LogP contribution in [0.5, 0.6) is 0 Å². The van der Waals surface area contributed by atoms with E-state index in [4.69, 9.17) is 14.2 Å². The van der Waals surface area contributed by atoms with Crippen LogP contribution in [-0.2, 0) is 23.7 Å². The first-order valence-electron chi connectivity index (χ1n) is 6.56. The van der Waals surface area contributed by atoms with E-state index in [9.17, 15) is 4.79 Å². The number of carbonyl (C=O) groups excluding carboxylic acids is 1. The van der Waals surface area contributed by atoms with Gasteiger partial charge >= 0.3 is 5.97 Å². The molecule has 2 heterocycles. The molecule has 0 radical (unpaired) electrons. The van der Waals surface area contributed by atoms with Gasteiger partial charge in [0.2, 0.25) is 0 Å². The highest BCUT2D eigenvalue weighted by Crippen LogP contribution is 2.48. The number of rotatable bonds is 2. The normalized spacial score (nSPS) is 44.7.